The van der Waals surface area contributed by atoms with E-state index in [1.165, 1.54) is 0 Å². The Morgan fingerprint density at radius 2 is 2.10 bits per heavy atom. The summed E-state index contributed by atoms with van der Waals surface area (Å²) in [4.78, 5) is 12.2. The lowest BCUT2D eigenvalue weighted by Gasteiger charge is -2.22. The molecule has 0 aliphatic heterocycles. The summed E-state index contributed by atoms with van der Waals surface area (Å²) in [5, 5.41) is 4.61. The predicted molar refractivity (Wildman–Crippen MR) is 80.5 cm³/mol. The van der Waals surface area contributed by atoms with E-state index >= 15 is 0 Å². The Morgan fingerprint density at radius 3 is 2.80 bits per heavy atom. The monoisotopic (exact) mass is 269 g/mol. The van der Waals surface area contributed by atoms with Crippen LogP contribution in [0.4, 0.5) is 5.82 Å². The van der Waals surface area contributed by atoms with Crippen LogP contribution in [0.3, 0.4) is 0 Å². The molecule has 104 valence electrons. The zero-order chi connectivity index (χ0) is 14.1. The van der Waals surface area contributed by atoms with Crippen LogP contribution in [0.1, 0.15) is 25.7 Å². The Morgan fingerprint density at radius 1 is 1.25 bits per heavy atom. The van der Waals surface area contributed by atoms with Gasteiger partial charge in [0.25, 0.3) is 0 Å². The molecule has 0 saturated carbocycles. The third-order valence-electron chi connectivity index (χ3n) is 3.52. The van der Waals surface area contributed by atoms with Gasteiger partial charge in [-0.2, -0.15) is 0 Å². The van der Waals surface area contributed by atoms with E-state index in [-0.39, 0.29) is 6.04 Å². The molecule has 0 aliphatic carbocycles. The van der Waals surface area contributed by atoms with Gasteiger partial charge in [-0.1, -0.05) is 13.8 Å². The molecule has 0 aromatic carbocycles. The topological polar surface area (TPSA) is 58.5 Å². The molecule has 0 unspecified atom stereocenters. The second-order valence-corrected chi connectivity index (χ2v) is 5.37. The number of hydrogen-bond donors (Lipinski definition) is 2. The van der Waals surface area contributed by atoms with Crippen molar-refractivity contribution in [2.45, 2.75) is 19.9 Å². The maximum absolute atomic E-state index is 4.59. The van der Waals surface area contributed by atoms with Crippen molar-refractivity contribution < 1.29 is 0 Å². The number of pyridine rings is 1. The van der Waals surface area contributed by atoms with Gasteiger partial charge in [0.05, 0.1) is 6.04 Å². The van der Waals surface area contributed by atoms with Crippen LogP contribution in [0, 0.1) is 5.92 Å². The van der Waals surface area contributed by atoms with Crippen LogP contribution in [0.15, 0.2) is 36.8 Å². The van der Waals surface area contributed by atoms with Gasteiger partial charge in [-0.3, -0.25) is 0 Å². The van der Waals surface area contributed by atoms with Crippen LogP contribution in [0.5, 0.6) is 0 Å². The molecule has 5 heteroatoms. The fraction of sp³-hybridized carbons (Fsp3) is 0.333. The molecule has 0 spiro atoms. The van der Waals surface area contributed by atoms with Crippen LogP contribution in [-0.2, 0) is 7.05 Å². The highest BCUT2D eigenvalue weighted by Crippen LogP contribution is 2.25. The molecule has 0 saturated heterocycles. The van der Waals surface area contributed by atoms with E-state index in [0.717, 1.165) is 22.7 Å². The van der Waals surface area contributed by atoms with Crippen LogP contribution < -0.4 is 5.32 Å². The number of rotatable bonds is 4. The largest absolute Gasteiger partial charge is 0.360 e. The van der Waals surface area contributed by atoms with Gasteiger partial charge in [0.15, 0.2) is 0 Å². The highest BCUT2D eigenvalue weighted by atomic mass is 15.1. The standard InChI is InChI=1S/C15H19N5/c1-10(2)13(15-17-8-9-20(15)3)18-12-5-4-11-6-7-16-14(11)19-12/h4-10,13H,1-3H3,(H2,16,18,19)/t13-/m1/s1. The van der Waals surface area contributed by atoms with Gasteiger partial charge < -0.3 is 14.9 Å². The number of aryl methyl sites for hydroxylation is 1. The smallest absolute Gasteiger partial charge is 0.139 e. The third kappa shape index (κ3) is 2.27. The van der Waals surface area contributed by atoms with Crippen molar-refractivity contribution >= 4 is 16.9 Å². The zero-order valence-corrected chi connectivity index (χ0v) is 12.0. The Labute approximate surface area is 118 Å². The average molecular weight is 269 g/mol. The molecule has 0 radical (unpaired) electrons. The number of nitrogens with one attached hydrogen (secondary N) is 2. The van der Waals surface area contributed by atoms with Crippen molar-refractivity contribution in [3.05, 3.63) is 42.6 Å². The SMILES string of the molecule is CC(C)[C@@H](Nc1ccc2cc[nH]c2n1)c1nccn1C. The zero-order valence-electron chi connectivity index (χ0n) is 12.0. The molecule has 3 heterocycles. The Kier molecular flexibility index (Phi) is 3.18. The first-order valence-corrected chi connectivity index (χ1v) is 6.83. The number of aromatic nitrogens is 4. The van der Waals surface area contributed by atoms with Gasteiger partial charge in [0.1, 0.15) is 17.3 Å². The number of fused-ring (bicyclic) bond motifs is 1. The van der Waals surface area contributed by atoms with E-state index < -0.39 is 0 Å². The first-order chi connectivity index (χ1) is 9.65. The molecule has 3 aromatic heterocycles. The summed E-state index contributed by atoms with van der Waals surface area (Å²) >= 11 is 0. The van der Waals surface area contributed by atoms with E-state index in [2.05, 4.69) is 40.2 Å². The number of H-pyrrole nitrogens is 1. The molecule has 0 aliphatic rings. The van der Waals surface area contributed by atoms with E-state index in [9.17, 15) is 0 Å². The minimum absolute atomic E-state index is 0.134. The molecule has 3 rings (SSSR count). The van der Waals surface area contributed by atoms with Crippen molar-refractivity contribution in [1.29, 1.82) is 0 Å². The van der Waals surface area contributed by atoms with Gasteiger partial charge in [-0.25, -0.2) is 9.97 Å². The molecule has 5 nitrogen and oxygen atoms in total. The van der Waals surface area contributed by atoms with Crippen molar-refractivity contribution in [3.8, 4) is 0 Å². The molecule has 20 heavy (non-hydrogen) atoms. The van der Waals surface area contributed by atoms with E-state index in [0.29, 0.717) is 5.92 Å². The summed E-state index contributed by atoms with van der Waals surface area (Å²) in [6, 6.07) is 6.23. The number of aromatic amines is 1. The maximum atomic E-state index is 4.59. The van der Waals surface area contributed by atoms with Crippen molar-refractivity contribution in [2.24, 2.45) is 13.0 Å². The van der Waals surface area contributed by atoms with Crippen LogP contribution >= 0.6 is 0 Å². The third-order valence-corrected chi connectivity index (χ3v) is 3.52. The fourth-order valence-electron chi connectivity index (χ4n) is 2.38. The minimum atomic E-state index is 0.134. The summed E-state index contributed by atoms with van der Waals surface area (Å²) in [5.74, 6) is 2.30. The molecule has 1 atom stereocenters. The Balaban J connectivity index is 1.91. The first-order valence-electron chi connectivity index (χ1n) is 6.83. The highest BCUT2D eigenvalue weighted by Gasteiger charge is 2.20. The van der Waals surface area contributed by atoms with E-state index in [1.807, 2.05) is 42.3 Å². The summed E-state index contributed by atoms with van der Waals surface area (Å²) < 4.78 is 2.05. The summed E-state index contributed by atoms with van der Waals surface area (Å²) in [7, 11) is 2.01. The number of hydrogen-bond acceptors (Lipinski definition) is 3. The summed E-state index contributed by atoms with van der Waals surface area (Å²) in [5.41, 5.74) is 0.900. The Bertz CT molecular complexity index is 710. The van der Waals surface area contributed by atoms with Crippen LogP contribution in [0.25, 0.3) is 11.0 Å². The normalized spacial score (nSPS) is 13.0. The molecule has 0 fully saturated rings. The molecular formula is C15H19N5. The first kappa shape index (κ1) is 12.7. The quantitative estimate of drug-likeness (QED) is 0.765. The molecular weight excluding hydrogens is 250 g/mol. The van der Waals surface area contributed by atoms with Crippen LogP contribution in [0.2, 0.25) is 0 Å². The van der Waals surface area contributed by atoms with E-state index in [1.54, 1.807) is 0 Å². The van der Waals surface area contributed by atoms with Crippen LogP contribution in [-0.4, -0.2) is 19.5 Å². The van der Waals surface area contributed by atoms with Crippen molar-refractivity contribution in [1.82, 2.24) is 19.5 Å². The molecule has 0 amide bonds. The number of nitrogens with zero attached hydrogens (tertiary/aromatic N) is 3. The second kappa shape index (κ2) is 5.00. The lowest BCUT2D eigenvalue weighted by atomic mass is 10.0. The average Bonchev–Trinajstić information content (AvgIpc) is 3.03. The summed E-state index contributed by atoms with van der Waals surface area (Å²) in [6.07, 6.45) is 5.70. The molecule has 2 N–H and O–H groups in total. The highest BCUT2D eigenvalue weighted by molar-refractivity contribution is 5.77. The van der Waals surface area contributed by atoms with Gasteiger partial charge >= 0.3 is 0 Å². The summed E-state index contributed by atoms with van der Waals surface area (Å²) in [6.45, 7) is 4.36. The number of anilines is 1. The molecule has 0 bridgehead atoms. The minimum Gasteiger partial charge on any atom is -0.360 e. The lowest BCUT2D eigenvalue weighted by molar-refractivity contribution is 0.507. The number of imidazole rings is 1. The molecule has 3 aromatic rings. The second-order valence-electron chi connectivity index (χ2n) is 5.37. The van der Waals surface area contributed by atoms with Crippen molar-refractivity contribution in [3.63, 3.8) is 0 Å². The van der Waals surface area contributed by atoms with Gasteiger partial charge in [-0.05, 0) is 24.1 Å². The predicted octanol–water partition coefficient (Wildman–Crippen LogP) is 3.11. The van der Waals surface area contributed by atoms with Gasteiger partial charge in [-0.15, -0.1) is 0 Å². The fourth-order valence-corrected chi connectivity index (χ4v) is 2.38. The Hall–Kier alpha value is -2.30. The van der Waals surface area contributed by atoms with Gasteiger partial charge in [0, 0.05) is 31.0 Å². The maximum Gasteiger partial charge on any atom is 0.139 e. The van der Waals surface area contributed by atoms with E-state index in [4.69, 9.17) is 0 Å². The van der Waals surface area contributed by atoms with Crippen molar-refractivity contribution in [2.75, 3.05) is 5.32 Å². The van der Waals surface area contributed by atoms with Gasteiger partial charge in [0.2, 0.25) is 0 Å². The lowest BCUT2D eigenvalue weighted by Crippen LogP contribution is -2.21.